The van der Waals surface area contributed by atoms with Crippen LogP contribution in [0.5, 0.6) is 0 Å². The fourth-order valence-corrected chi connectivity index (χ4v) is 4.30. The minimum Gasteiger partial charge on any atom is -0.368 e. The summed E-state index contributed by atoms with van der Waals surface area (Å²) in [5, 5.41) is 9.28. The second-order valence-corrected chi connectivity index (χ2v) is 9.67. The molecule has 1 aliphatic heterocycles. The number of nitrogens with zero attached hydrogens (tertiary/aromatic N) is 4. The smallest absolute Gasteiger partial charge is 0.223 e. The highest BCUT2D eigenvalue weighted by Crippen LogP contribution is 2.19. The maximum atomic E-state index is 12.4. The van der Waals surface area contributed by atoms with Crippen molar-refractivity contribution in [1.29, 1.82) is 0 Å². The van der Waals surface area contributed by atoms with E-state index in [4.69, 9.17) is 0 Å². The van der Waals surface area contributed by atoms with Gasteiger partial charge in [0.05, 0.1) is 6.26 Å². The molecule has 0 saturated carbocycles. The van der Waals surface area contributed by atoms with Gasteiger partial charge in [-0.2, -0.15) is 0 Å². The van der Waals surface area contributed by atoms with Crippen LogP contribution in [-0.2, 0) is 14.8 Å². The van der Waals surface area contributed by atoms with Gasteiger partial charge in [0.1, 0.15) is 23.3 Å². The molecule has 2 aromatic heterocycles. The van der Waals surface area contributed by atoms with Gasteiger partial charge in [-0.15, -0.1) is 0 Å². The Hall–Kier alpha value is -2.79. The van der Waals surface area contributed by atoms with Crippen LogP contribution in [-0.4, -0.2) is 66.0 Å². The number of hydrogen-bond acceptors (Lipinski definition) is 8. The summed E-state index contributed by atoms with van der Waals surface area (Å²) in [6.45, 7) is 5.53. The summed E-state index contributed by atoms with van der Waals surface area (Å²) in [5.74, 6) is 2.41. The Morgan fingerprint density at radius 1 is 1.10 bits per heavy atom. The van der Waals surface area contributed by atoms with Gasteiger partial charge >= 0.3 is 0 Å². The predicted molar refractivity (Wildman–Crippen MR) is 120 cm³/mol. The number of carbonyl (C=O) groups is 1. The summed E-state index contributed by atoms with van der Waals surface area (Å²) in [6, 6.07) is 5.65. The number of anilines is 3. The minimum absolute atomic E-state index is 0.0401. The number of amides is 1. The molecule has 0 aliphatic carbocycles. The highest BCUT2D eigenvalue weighted by atomic mass is 32.2. The molecule has 0 spiro atoms. The molecule has 1 aliphatic rings. The molecule has 1 fully saturated rings. The number of rotatable bonds is 8. The van der Waals surface area contributed by atoms with E-state index in [1.54, 1.807) is 12.3 Å². The first kappa shape index (κ1) is 22.9. The van der Waals surface area contributed by atoms with Crippen molar-refractivity contribution >= 4 is 33.4 Å². The molecule has 0 atom stereocenters. The molecule has 0 unspecified atom stereocenters. The Kier molecular flexibility index (Phi) is 7.39. The number of sulfonamides is 1. The van der Waals surface area contributed by atoms with Crippen molar-refractivity contribution in [3.05, 3.63) is 35.8 Å². The Morgan fingerprint density at radius 2 is 1.81 bits per heavy atom. The molecular formula is C20H29N7O3S. The lowest BCUT2D eigenvalue weighted by molar-refractivity contribution is -0.126. The molecule has 0 aromatic carbocycles. The molecule has 11 heteroatoms. The Morgan fingerprint density at radius 3 is 2.48 bits per heavy atom. The monoisotopic (exact) mass is 447 g/mol. The van der Waals surface area contributed by atoms with Crippen molar-refractivity contribution in [2.45, 2.75) is 26.7 Å². The molecule has 3 N–H and O–H groups in total. The van der Waals surface area contributed by atoms with E-state index in [9.17, 15) is 13.2 Å². The van der Waals surface area contributed by atoms with Crippen LogP contribution in [0, 0.1) is 19.8 Å². The number of piperidine rings is 1. The van der Waals surface area contributed by atoms with Gasteiger partial charge < -0.3 is 16.0 Å². The lowest BCUT2D eigenvalue weighted by atomic mass is 9.97. The maximum Gasteiger partial charge on any atom is 0.223 e. The lowest BCUT2D eigenvalue weighted by Gasteiger charge is -2.29. The Labute approximate surface area is 182 Å². The molecule has 3 heterocycles. The topological polar surface area (TPSA) is 129 Å². The van der Waals surface area contributed by atoms with Crippen molar-refractivity contribution in [3.8, 4) is 0 Å². The summed E-state index contributed by atoms with van der Waals surface area (Å²) in [4.78, 5) is 25.4. The van der Waals surface area contributed by atoms with E-state index in [0.29, 0.717) is 62.3 Å². The summed E-state index contributed by atoms with van der Waals surface area (Å²) >= 11 is 0. The van der Waals surface area contributed by atoms with Crippen LogP contribution in [0.2, 0.25) is 0 Å². The number of aromatic nitrogens is 3. The average Bonchev–Trinajstić information content (AvgIpc) is 2.70. The molecule has 0 bridgehead atoms. The molecule has 3 rings (SSSR count). The first-order valence-corrected chi connectivity index (χ1v) is 12.1. The van der Waals surface area contributed by atoms with Gasteiger partial charge in [0.15, 0.2) is 0 Å². The van der Waals surface area contributed by atoms with Crippen molar-refractivity contribution in [2.24, 2.45) is 5.92 Å². The quantitative estimate of drug-likeness (QED) is 0.518. The van der Waals surface area contributed by atoms with Gasteiger partial charge in [0.2, 0.25) is 15.9 Å². The fraction of sp³-hybridized carbons (Fsp3) is 0.500. The zero-order valence-electron chi connectivity index (χ0n) is 18.1. The van der Waals surface area contributed by atoms with E-state index in [0.717, 1.165) is 5.56 Å². The number of pyridine rings is 1. The summed E-state index contributed by atoms with van der Waals surface area (Å²) in [5.41, 5.74) is 1.10. The van der Waals surface area contributed by atoms with E-state index < -0.39 is 10.0 Å². The van der Waals surface area contributed by atoms with Crippen LogP contribution in [0.4, 0.5) is 17.5 Å². The van der Waals surface area contributed by atoms with Gasteiger partial charge in [0.25, 0.3) is 0 Å². The van der Waals surface area contributed by atoms with E-state index >= 15 is 0 Å². The van der Waals surface area contributed by atoms with Crippen LogP contribution in [0.3, 0.4) is 0 Å². The molecule has 2 aromatic rings. The van der Waals surface area contributed by atoms with Crippen LogP contribution in [0.1, 0.15) is 24.2 Å². The van der Waals surface area contributed by atoms with Gasteiger partial charge in [0, 0.05) is 44.4 Å². The first-order valence-electron chi connectivity index (χ1n) is 10.2. The van der Waals surface area contributed by atoms with E-state index in [1.807, 2.05) is 26.0 Å². The third kappa shape index (κ3) is 6.86. The summed E-state index contributed by atoms with van der Waals surface area (Å²) < 4.78 is 24.6. The van der Waals surface area contributed by atoms with E-state index in [1.165, 1.54) is 10.6 Å². The van der Waals surface area contributed by atoms with Crippen molar-refractivity contribution < 1.29 is 13.2 Å². The SMILES string of the molecule is Cc1ccnc(Nc2cc(NCCNC(=O)C3CCN(S(C)(=O)=O)CC3)nc(C)n2)c1. The van der Waals surface area contributed by atoms with Gasteiger partial charge in [-0.1, -0.05) is 0 Å². The van der Waals surface area contributed by atoms with E-state index in [-0.39, 0.29) is 11.8 Å². The van der Waals surface area contributed by atoms with Gasteiger partial charge in [-0.25, -0.2) is 27.7 Å². The third-order valence-electron chi connectivity index (χ3n) is 5.03. The molecule has 1 amide bonds. The standard InChI is InChI=1S/C20H29N7O3S/c1-14-4-7-21-17(12-14)26-19-13-18(24-15(2)25-19)22-8-9-23-20(28)16-5-10-27(11-6-16)31(3,29)30/h4,7,12-13,16H,5-6,8-11H2,1-3H3,(H,23,28)(H2,21,22,24,25,26). The number of carbonyl (C=O) groups excluding carboxylic acids is 1. The van der Waals surface area contributed by atoms with Gasteiger partial charge in [-0.05, 0) is 44.4 Å². The number of nitrogens with one attached hydrogen (secondary N) is 3. The Bertz CT molecular complexity index is 1020. The maximum absolute atomic E-state index is 12.4. The lowest BCUT2D eigenvalue weighted by Crippen LogP contribution is -2.43. The Balaban J connectivity index is 1.45. The highest BCUT2D eigenvalue weighted by Gasteiger charge is 2.28. The summed E-state index contributed by atoms with van der Waals surface area (Å²) in [6.07, 6.45) is 4.02. The van der Waals surface area contributed by atoms with Crippen molar-refractivity contribution in [1.82, 2.24) is 24.6 Å². The molecular weight excluding hydrogens is 418 g/mol. The van der Waals surface area contributed by atoms with E-state index in [2.05, 4.69) is 30.9 Å². The van der Waals surface area contributed by atoms with Crippen LogP contribution in [0.25, 0.3) is 0 Å². The first-order chi connectivity index (χ1) is 14.7. The van der Waals surface area contributed by atoms with Crippen LogP contribution >= 0.6 is 0 Å². The zero-order valence-corrected chi connectivity index (χ0v) is 18.9. The molecule has 10 nitrogen and oxygen atoms in total. The summed E-state index contributed by atoms with van der Waals surface area (Å²) in [7, 11) is -3.19. The third-order valence-corrected chi connectivity index (χ3v) is 6.34. The van der Waals surface area contributed by atoms with Crippen molar-refractivity contribution in [3.63, 3.8) is 0 Å². The highest BCUT2D eigenvalue weighted by molar-refractivity contribution is 7.88. The second-order valence-electron chi connectivity index (χ2n) is 7.68. The molecule has 168 valence electrons. The van der Waals surface area contributed by atoms with Crippen LogP contribution in [0.15, 0.2) is 24.4 Å². The fourth-order valence-electron chi connectivity index (χ4n) is 3.43. The van der Waals surface area contributed by atoms with Crippen molar-refractivity contribution in [2.75, 3.05) is 43.1 Å². The van der Waals surface area contributed by atoms with Gasteiger partial charge in [-0.3, -0.25) is 4.79 Å². The molecule has 31 heavy (non-hydrogen) atoms. The van der Waals surface area contributed by atoms with Crippen LogP contribution < -0.4 is 16.0 Å². The normalized spacial score (nSPS) is 15.5. The number of hydrogen-bond donors (Lipinski definition) is 3. The zero-order chi connectivity index (χ0) is 22.4. The largest absolute Gasteiger partial charge is 0.368 e. The predicted octanol–water partition coefficient (Wildman–Crippen LogP) is 1.43. The number of aryl methyl sites for hydroxylation is 2. The molecule has 1 saturated heterocycles. The average molecular weight is 448 g/mol. The minimum atomic E-state index is -3.19. The molecule has 0 radical (unpaired) electrons. The second kappa shape index (κ2) is 10.0.